The summed E-state index contributed by atoms with van der Waals surface area (Å²) in [4.78, 5) is 12.1. The Morgan fingerprint density at radius 3 is 2.67 bits per heavy atom. The lowest BCUT2D eigenvalue weighted by Gasteiger charge is -2.41. The van der Waals surface area contributed by atoms with Crippen LogP contribution in [0.5, 0.6) is 0 Å². The first-order valence-corrected chi connectivity index (χ1v) is 4.16. The summed E-state index contributed by atoms with van der Waals surface area (Å²) < 4.78 is 0. The van der Waals surface area contributed by atoms with Gasteiger partial charge in [0.05, 0.1) is 11.6 Å². The maximum Gasteiger partial charge on any atom is 0.207 e. The lowest BCUT2D eigenvalue weighted by atomic mass is 10.0. The first-order chi connectivity index (χ1) is 5.51. The molecule has 4 nitrogen and oxygen atoms in total. The van der Waals surface area contributed by atoms with E-state index in [1.807, 2.05) is 0 Å². The van der Waals surface area contributed by atoms with Crippen molar-refractivity contribution < 1.29 is 9.90 Å². The average Bonchev–Trinajstić information content (AvgIpc) is 1.80. The molecule has 1 heterocycles. The van der Waals surface area contributed by atoms with Crippen molar-refractivity contribution in [1.82, 2.24) is 10.2 Å². The van der Waals surface area contributed by atoms with Crippen molar-refractivity contribution in [3.63, 3.8) is 0 Å². The molecule has 1 fully saturated rings. The SMILES string of the molecule is CC(C)(O)CN1CC(NC=O)C1. The van der Waals surface area contributed by atoms with Crippen LogP contribution >= 0.6 is 0 Å². The Bertz CT molecular complexity index is 159. The zero-order chi connectivity index (χ0) is 9.19. The molecule has 0 saturated carbocycles. The van der Waals surface area contributed by atoms with Gasteiger partial charge in [0.25, 0.3) is 0 Å². The van der Waals surface area contributed by atoms with E-state index < -0.39 is 5.60 Å². The van der Waals surface area contributed by atoms with Crippen molar-refractivity contribution >= 4 is 6.41 Å². The molecule has 4 heteroatoms. The molecule has 70 valence electrons. The average molecular weight is 172 g/mol. The number of amides is 1. The van der Waals surface area contributed by atoms with Gasteiger partial charge >= 0.3 is 0 Å². The molecule has 0 radical (unpaired) electrons. The minimum atomic E-state index is -0.633. The van der Waals surface area contributed by atoms with Gasteiger partial charge in [0.15, 0.2) is 0 Å². The predicted molar refractivity (Wildman–Crippen MR) is 45.7 cm³/mol. The van der Waals surface area contributed by atoms with E-state index in [1.165, 1.54) is 0 Å². The lowest BCUT2D eigenvalue weighted by molar-refractivity contribution is -0.111. The number of nitrogens with one attached hydrogen (secondary N) is 1. The number of carbonyl (C=O) groups excluding carboxylic acids is 1. The largest absolute Gasteiger partial charge is 0.389 e. The maximum atomic E-state index is 10.0. The zero-order valence-corrected chi connectivity index (χ0v) is 7.58. The van der Waals surface area contributed by atoms with E-state index >= 15 is 0 Å². The van der Waals surface area contributed by atoms with Crippen molar-refractivity contribution in [2.24, 2.45) is 0 Å². The van der Waals surface area contributed by atoms with E-state index in [2.05, 4.69) is 10.2 Å². The minimum absolute atomic E-state index is 0.282. The van der Waals surface area contributed by atoms with Crippen molar-refractivity contribution in [3.8, 4) is 0 Å². The fraction of sp³-hybridized carbons (Fsp3) is 0.875. The maximum absolute atomic E-state index is 10.0. The van der Waals surface area contributed by atoms with Crippen LogP contribution in [0.1, 0.15) is 13.8 Å². The summed E-state index contributed by atoms with van der Waals surface area (Å²) in [7, 11) is 0. The molecule has 12 heavy (non-hydrogen) atoms. The standard InChI is InChI=1S/C8H16N2O2/c1-8(2,12)5-10-3-7(4-10)9-6-11/h6-7,12H,3-5H2,1-2H3,(H,9,11). The van der Waals surface area contributed by atoms with Crippen LogP contribution in [0.15, 0.2) is 0 Å². The molecule has 1 aliphatic rings. The summed E-state index contributed by atoms with van der Waals surface area (Å²) in [5.41, 5.74) is -0.633. The summed E-state index contributed by atoms with van der Waals surface area (Å²) in [5.74, 6) is 0. The molecule has 1 amide bonds. The Hall–Kier alpha value is -0.610. The summed E-state index contributed by atoms with van der Waals surface area (Å²) in [6.45, 7) is 5.94. The Kier molecular flexibility index (Phi) is 2.69. The highest BCUT2D eigenvalue weighted by Crippen LogP contribution is 2.12. The fourth-order valence-electron chi connectivity index (χ4n) is 1.45. The smallest absolute Gasteiger partial charge is 0.207 e. The summed E-state index contributed by atoms with van der Waals surface area (Å²) in [6, 6.07) is 0.282. The number of carbonyl (C=O) groups is 1. The third-order valence-corrected chi connectivity index (χ3v) is 1.87. The van der Waals surface area contributed by atoms with Gasteiger partial charge < -0.3 is 10.4 Å². The highest BCUT2D eigenvalue weighted by Gasteiger charge is 2.29. The van der Waals surface area contributed by atoms with Crippen LogP contribution in [0.4, 0.5) is 0 Å². The van der Waals surface area contributed by atoms with Gasteiger partial charge in [-0.15, -0.1) is 0 Å². The molecule has 1 saturated heterocycles. The van der Waals surface area contributed by atoms with E-state index in [9.17, 15) is 9.90 Å². The van der Waals surface area contributed by atoms with Crippen LogP contribution in [0.3, 0.4) is 0 Å². The Balaban J connectivity index is 2.13. The van der Waals surface area contributed by atoms with E-state index in [4.69, 9.17) is 0 Å². The molecule has 2 N–H and O–H groups in total. The van der Waals surface area contributed by atoms with Crippen molar-refractivity contribution in [2.45, 2.75) is 25.5 Å². The number of nitrogens with zero attached hydrogens (tertiary/aromatic N) is 1. The molecular weight excluding hydrogens is 156 g/mol. The summed E-state index contributed by atoms with van der Waals surface area (Å²) in [5, 5.41) is 12.1. The molecule has 0 aromatic carbocycles. The third-order valence-electron chi connectivity index (χ3n) is 1.87. The molecular formula is C8H16N2O2. The Morgan fingerprint density at radius 2 is 2.25 bits per heavy atom. The van der Waals surface area contributed by atoms with Crippen LogP contribution in [-0.4, -0.2) is 47.7 Å². The molecule has 1 aliphatic heterocycles. The lowest BCUT2D eigenvalue weighted by Crippen LogP contribution is -2.60. The second kappa shape index (κ2) is 3.41. The van der Waals surface area contributed by atoms with Gasteiger partial charge in [-0.05, 0) is 13.8 Å². The van der Waals surface area contributed by atoms with Gasteiger partial charge in [-0.25, -0.2) is 0 Å². The number of rotatable bonds is 4. The van der Waals surface area contributed by atoms with Gasteiger partial charge in [-0.1, -0.05) is 0 Å². The van der Waals surface area contributed by atoms with Gasteiger partial charge in [-0.3, -0.25) is 9.69 Å². The molecule has 0 atom stereocenters. The first kappa shape index (κ1) is 9.48. The second-order valence-electron chi connectivity index (χ2n) is 3.99. The molecule has 0 aromatic rings. The van der Waals surface area contributed by atoms with Crippen LogP contribution < -0.4 is 5.32 Å². The van der Waals surface area contributed by atoms with Crippen LogP contribution in [0.2, 0.25) is 0 Å². The molecule has 0 aliphatic carbocycles. The zero-order valence-electron chi connectivity index (χ0n) is 7.58. The van der Waals surface area contributed by atoms with Crippen LogP contribution in [-0.2, 0) is 4.79 Å². The molecule has 0 spiro atoms. The highest BCUT2D eigenvalue weighted by molar-refractivity contribution is 5.47. The van der Waals surface area contributed by atoms with E-state index in [1.54, 1.807) is 13.8 Å². The second-order valence-corrected chi connectivity index (χ2v) is 3.99. The molecule has 1 rings (SSSR count). The summed E-state index contributed by atoms with van der Waals surface area (Å²) >= 11 is 0. The minimum Gasteiger partial charge on any atom is -0.389 e. The van der Waals surface area contributed by atoms with Crippen molar-refractivity contribution in [3.05, 3.63) is 0 Å². The number of hydrogen-bond donors (Lipinski definition) is 2. The van der Waals surface area contributed by atoms with Crippen LogP contribution in [0.25, 0.3) is 0 Å². The Morgan fingerprint density at radius 1 is 1.67 bits per heavy atom. The first-order valence-electron chi connectivity index (χ1n) is 4.16. The van der Waals surface area contributed by atoms with E-state index in [0.29, 0.717) is 6.54 Å². The number of aliphatic hydroxyl groups is 1. The number of β-amino-alcohol motifs (C(OH)–C–C–N with tert-alkyl or cyclic N) is 1. The molecule has 0 aromatic heterocycles. The molecule has 0 bridgehead atoms. The quantitative estimate of drug-likeness (QED) is 0.545. The fourth-order valence-corrected chi connectivity index (χ4v) is 1.45. The molecule has 0 unspecified atom stereocenters. The van der Waals surface area contributed by atoms with Gasteiger partial charge in [-0.2, -0.15) is 0 Å². The highest BCUT2D eigenvalue weighted by atomic mass is 16.3. The summed E-state index contributed by atoms with van der Waals surface area (Å²) in [6.07, 6.45) is 0.728. The van der Waals surface area contributed by atoms with Crippen LogP contribution in [0, 0.1) is 0 Å². The Labute approximate surface area is 72.6 Å². The normalized spacial score (nSPS) is 20.2. The number of hydrogen-bond acceptors (Lipinski definition) is 3. The van der Waals surface area contributed by atoms with E-state index in [-0.39, 0.29) is 6.04 Å². The monoisotopic (exact) mass is 172 g/mol. The van der Waals surface area contributed by atoms with Gasteiger partial charge in [0.1, 0.15) is 0 Å². The number of likely N-dealkylation sites (tertiary alicyclic amines) is 1. The predicted octanol–water partition coefficient (Wildman–Crippen LogP) is -0.812. The van der Waals surface area contributed by atoms with Crippen molar-refractivity contribution in [2.75, 3.05) is 19.6 Å². The van der Waals surface area contributed by atoms with Gasteiger partial charge in [0, 0.05) is 19.6 Å². The van der Waals surface area contributed by atoms with Crippen molar-refractivity contribution in [1.29, 1.82) is 0 Å². The van der Waals surface area contributed by atoms with E-state index in [0.717, 1.165) is 19.5 Å². The van der Waals surface area contributed by atoms with Gasteiger partial charge in [0.2, 0.25) is 6.41 Å². The third kappa shape index (κ3) is 2.79. The topological polar surface area (TPSA) is 52.6 Å².